The molecule has 0 aliphatic carbocycles. The predicted molar refractivity (Wildman–Crippen MR) is 79.3 cm³/mol. The fraction of sp³-hybridized carbons (Fsp3) is 0.417. The summed E-state index contributed by atoms with van der Waals surface area (Å²) in [4.78, 5) is 6.63. The van der Waals surface area contributed by atoms with Gasteiger partial charge in [0.15, 0.2) is 0 Å². The number of aromatic amines is 1. The van der Waals surface area contributed by atoms with Gasteiger partial charge in [-0.15, -0.1) is 0 Å². The first-order chi connectivity index (χ1) is 9.74. The largest absolute Gasteiger partial charge is 0.329 e. The Balaban J connectivity index is 2.39. The molecule has 0 fully saturated rings. The van der Waals surface area contributed by atoms with E-state index in [4.69, 9.17) is 0 Å². The Kier molecular flexibility index (Phi) is 4.35. The molecule has 0 unspecified atom stereocenters. The zero-order chi connectivity index (χ0) is 15.7. The molecule has 0 saturated heterocycles. The Morgan fingerprint density at radius 2 is 1.95 bits per heavy atom. The van der Waals surface area contributed by atoms with E-state index >= 15 is 0 Å². The zero-order valence-corrected chi connectivity index (χ0v) is 13.4. The summed E-state index contributed by atoms with van der Waals surface area (Å²) >= 11 is 0. The van der Waals surface area contributed by atoms with Crippen molar-refractivity contribution in [2.24, 2.45) is 0 Å². The Morgan fingerprint density at radius 3 is 2.57 bits per heavy atom. The van der Waals surface area contributed by atoms with Crippen LogP contribution in [0.15, 0.2) is 28.3 Å². The molecule has 1 heterocycles. The summed E-state index contributed by atoms with van der Waals surface area (Å²) in [6.07, 6.45) is 2.68. The van der Waals surface area contributed by atoms with Crippen LogP contribution in [0.4, 0.5) is 0 Å². The van der Waals surface area contributed by atoms with Gasteiger partial charge >= 0.3 is 0 Å². The smallest absolute Gasteiger partial charge is 0.240 e. The zero-order valence-electron chi connectivity index (χ0n) is 11.8. The van der Waals surface area contributed by atoms with Gasteiger partial charge in [0.25, 0.3) is 0 Å². The quantitative estimate of drug-likeness (QED) is 0.769. The molecule has 0 aliphatic heterocycles. The highest BCUT2D eigenvalue weighted by atomic mass is 32.2. The Bertz CT molecular complexity index is 854. The van der Waals surface area contributed by atoms with E-state index < -0.39 is 19.9 Å². The number of hydrogen-bond donors (Lipinski definition) is 2. The van der Waals surface area contributed by atoms with Crippen molar-refractivity contribution in [2.75, 3.05) is 12.8 Å². The summed E-state index contributed by atoms with van der Waals surface area (Å²) in [5, 5.41) is -0.175. The second-order valence-electron chi connectivity index (χ2n) is 4.74. The van der Waals surface area contributed by atoms with E-state index in [0.717, 1.165) is 19.1 Å². The molecular weight excluding hydrogens is 314 g/mol. The Labute approximate surface area is 123 Å². The highest BCUT2D eigenvalue weighted by molar-refractivity contribution is 7.90. The number of rotatable bonds is 6. The molecule has 0 saturated carbocycles. The van der Waals surface area contributed by atoms with Crippen molar-refractivity contribution in [1.29, 1.82) is 0 Å². The molecule has 2 aromatic rings. The lowest BCUT2D eigenvalue weighted by molar-refractivity contribution is 0.578. The molecule has 2 rings (SSSR count). The van der Waals surface area contributed by atoms with E-state index in [0.29, 0.717) is 17.6 Å². The maximum absolute atomic E-state index is 12.1. The normalized spacial score (nSPS) is 12.9. The van der Waals surface area contributed by atoms with Gasteiger partial charge in [-0.25, -0.2) is 26.5 Å². The first-order valence-electron chi connectivity index (χ1n) is 6.43. The lowest BCUT2D eigenvalue weighted by Gasteiger charge is -2.05. The van der Waals surface area contributed by atoms with E-state index in [1.54, 1.807) is 0 Å². The molecule has 0 bridgehead atoms. The molecule has 2 N–H and O–H groups in total. The summed E-state index contributed by atoms with van der Waals surface area (Å²) in [5.74, 6) is 0. The van der Waals surface area contributed by atoms with Crippen LogP contribution in [0.1, 0.15) is 19.8 Å². The second-order valence-corrected chi connectivity index (χ2v) is 8.44. The van der Waals surface area contributed by atoms with Crippen LogP contribution in [0, 0.1) is 0 Å². The number of imidazole rings is 1. The number of sulfone groups is 1. The number of unbranched alkanes of at least 4 members (excludes halogenated alkanes) is 1. The minimum absolute atomic E-state index is 0.0785. The molecule has 1 aromatic carbocycles. The number of benzene rings is 1. The van der Waals surface area contributed by atoms with Crippen LogP contribution in [-0.4, -0.2) is 39.6 Å². The van der Waals surface area contributed by atoms with Gasteiger partial charge in [-0.3, -0.25) is 0 Å². The number of H-pyrrole nitrogens is 1. The van der Waals surface area contributed by atoms with Crippen molar-refractivity contribution in [3.63, 3.8) is 0 Å². The SMILES string of the molecule is CCCCNS(=O)(=O)c1ccc2nc(S(C)(=O)=O)[nH]c2c1. The molecule has 0 spiro atoms. The molecule has 0 aliphatic rings. The first-order valence-corrected chi connectivity index (χ1v) is 9.81. The van der Waals surface area contributed by atoms with Gasteiger partial charge in [0.1, 0.15) is 0 Å². The van der Waals surface area contributed by atoms with Crippen LogP contribution in [0.5, 0.6) is 0 Å². The van der Waals surface area contributed by atoms with Gasteiger partial charge in [-0.2, -0.15) is 0 Å². The molecule has 7 nitrogen and oxygen atoms in total. The first kappa shape index (κ1) is 15.9. The van der Waals surface area contributed by atoms with Gasteiger partial charge in [-0.05, 0) is 24.6 Å². The van der Waals surface area contributed by atoms with Crippen molar-refractivity contribution in [2.45, 2.75) is 29.8 Å². The third kappa shape index (κ3) is 3.60. The molecular formula is C12H17N3O4S2. The third-order valence-electron chi connectivity index (χ3n) is 2.92. The summed E-state index contributed by atoms with van der Waals surface area (Å²) in [7, 11) is -7.06. The molecule has 21 heavy (non-hydrogen) atoms. The highest BCUT2D eigenvalue weighted by Gasteiger charge is 2.17. The van der Waals surface area contributed by atoms with Gasteiger partial charge < -0.3 is 4.98 Å². The van der Waals surface area contributed by atoms with Gasteiger partial charge in [0, 0.05) is 12.8 Å². The fourth-order valence-corrected chi connectivity index (χ4v) is 3.43. The molecule has 116 valence electrons. The minimum Gasteiger partial charge on any atom is -0.329 e. The second kappa shape index (κ2) is 5.74. The monoisotopic (exact) mass is 331 g/mol. The summed E-state index contributed by atoms with van der Waals surface area (Å²) in [6, 6.07) is 4.27. The Hall–Kier alpha value is -1.45. The molecule has 0 amide bonds. The van der Waals surface area contributed by atoms with Crippen LogP contribution in [-0.2, 0) is 19.9 Å². The van der Waals surface area contributed by atoms with Crippen LogP contribution in [0.3, 0.4) is 0 Å². The number of sulfonamides is 1. The van der Waals surface area contributed by atoms with Crippen molar-refractivity contribution in [3.8, 4) is 0 Å². The number of nitrogens with one attached hydrogen (secondary N) is 2. The minimum atomic E-state index is -3.60. The molecule has 1 aromatic heterocycles. The maximum Gasteiger partial charge on any atom is 0.240 e. The molecule has 0 radical (unpaired) electrons. The van der Waals surface area contributed by atoms with Crippen LogP contribution in [0.2, 0.25) is 0 Å². The van der Waals surface area contributed by atoms with E-state index in [1.807, 2.05) is 6.92 Å². The van der Waals surface area contributed by atoms with Crippen molar-refractivity contribution in [3.05, 3.63) is 18.2 Å². The number of fused-ring (bicyclic) bond motifs is 1. The fourth-order valence-electron chi connectivity index (χ4n) is 1.77. The topological polar surface area (TPSA) is 109 Å². The van der Waals surface area contributed by atoms with Gasteiger partial charge in [0.05, 0.1) is 15.9 Å². The summed E-state index contributed by atoms with van der Waals surface area (Å²) in [6.45, 7) is 2.34. The van der Waals surface area contributed by atoms with Gasteiger partial charge in [-0.1, -0.05) is 13.3 Å². The lowest BCUT2D eigenvalue weighted by atomic mass is 10.3. The average molecular weight is 331 g/mol. The predicted octanol–water partition coefficient (Wildman–Crippen LogP) is 1.04. The average Bonchev–Trinajstić information content (AvgIpc) is 2.81. The molecule has 0 atom stereocenters. The van der Waals surface area contributed by atoms with Crippen molar-refractivity contribution in [1.82, 2.24) is 14.7 Å². The van der Waals surface area contributed by atoms with Crippen LogP contribution >= 0.6 is 0 Å². The maximum atomic E-state index is 12.1. The van der Waals surface area contributed by atoms with Crippen molar-refractivity contribution >= 4 is 30.9 Å². The number of aromatic nitrogens is 2. The van der Waals surface area contributed by atoms with Crippen LogP contribution in [0.25, 0.3) is 11.0 Å². The van der Waals surface area contributed by atoms with E-state index in [1.165, 1.54) is 18.2 Å². The van der Waals surface area contributed by atoms with Crippen molar-refractivity contribution < 1.29 is 16.8 Å². The lowest BCUT2D eigenvalue weighted by Crippen LogP contribution is -2.24. The van der Waals surface area contributed by atoms with Crippen LogP contribution < -0.4 is 4.72 Å². The summed E-state index contributed by atoms with van der Waals surface area (Å²) in [5.41, 5.74) is 0.775. The standard InChI is InChI=1S/C12H17N3O4S2/c1-3-4-7-13-21(18,19)9-5-6-10-11(8-9)15-12(14-10)20(2,16)17/h5-6,8,13H,3-4,7H2,1-2H3,(H,14,15). The molecule has 9 heteroatoms. The number of hydrogen-bond acceptors (Lipinski definition) is 5. The third-order valence-corrected chi connectivity index (χ3v) is 5.27. The highest BCUT2D eigenvalue weighted by Crippen LogP contribution is 2.19. The summed E-state index contributed by atoms with van der Waals surface area (Å²) < 4.78 is 49.5. The van der Waals surface area contributed by atoms with E-state index in [9.17, 15) is 16.8 Å². The number of nitrogens with zero attached hydrogens (tertiary/aromatic N) is 1. The van der Waals surface area contributed by atoms with Gasteiger partial charge in [0.2, 0.25) is 25.0 Å². The van der Waals surface area contributed by atoms with E-state index in [2.05, 4.69) is 14.7 Å². The van der Waals surface area contributed by atoms with E-state index in [-0.39, 0.29) is 10.1 Å². The Morgan fingerprint density at radius 1 is 1.24 bits per heavy atom.